The van der Waals surface area contributed by atoms with Crippen molar-refractivity contribution >= 4 is 10.9 Å². The van der Waals surface area contributed by atoms with E-state index in [0.29, 0.717) is 18.2 Å². The molecule has 0 spiro atoms. The average Bonchev–Trinajstić information content (AvgIpc) is 2.76. The predicted molar refractivity (Wildman–Crippen MR) is 80.7 cm³/mol. The van der Waals surface area contributed by atoms with Crippen molar-refractivity contribution in [2.75, 3.05) is 6.61 Å². The van der Waals surface area contributed by atoms with Crippen LogP contribution in [-0.4, -0.2) is 28.3 Å². The Morgan fingerprint density at radius 3 is 2.80 bits per heavy atom. The molecule has 3 fully saturated rings. The molecule has 3 N–H and O–H groups in total. The molecule has 0 amide bonds. The minimum absolute atomic E-state index is 0.285. The highest BCUT2D eigenvalue weighted by Crippen LogP contribution is 2.66. The van der Waals surface area contributed by atoms with E-state index in [1.807, 2.05) is 0 Å². The topological polar surface area (TPSA) is 48.0 Å². The fraction of sp³-hybridized carbons (Fsp3) is 0.529. The lowest BCUT2D eigenvalue weighted by molar-refractivity contribution is -0.181. The second-order valence-electron chi connectivity index (χ2n) is 7.08. The van der Waals surface area contributed by atoms with Crippen molar-refractivity contribution in [1.82, 2.24) is 10.3 Å². The van der Waals surface area contributed by atoms with Crippen LogP contribution >= 0.6 is 0 Å². The molecule has 2 aromatic rings. The third-order valence-electron chi connectivity index (χ3n) is 5.23. The van der Waals surface area contributed by atoms with Crippen molar-refractivity contribution in [3.8, 4) is 0 Å². The van der Waals surface area contributed by atoms with E-state index >= 15 is 0 Å². The molecule has 1 aromatic carbocycles. The van der Waals surface area contributed by atoms with Crippen molar-refractivity contribution in [3.63, 3.8) is 0 Å². The van der Waals surface area contributed by atoms with Crippen LogP contribution in [0.25, 0.3) is 10.9 Å². The maximum atomic E-state index is 9.33. The zero-order chi connectivity index (χ0) is 13.8. The largest absolute Gasteiger partial charge is 0.396 e. The van der Waals surface area contributed by atoms with Crippen LogP contribution in [0.1, 0.15) is 31.7 Å². The zero-order valence-corrected chi connectivity index (χ0v) is 11.9. The van der Waals surface area contributed by atoms with Crippen molar-refractivity contribution in [3.05, 3.63) is 36.0 Å². The normalized spacial score (nSPS) is 32.7. The summed E-state index contributed by atoms with van der Waals surface area (Å²) in [6, 6.07) is 8.97. The summed E-state index contributed by atoms with van der Waals surface area (Å²) in [5.41, 5.74) is 3.24. The Hall–Kier alpha value is -1.32. The zero-order valence-electron chi connectivity index (χ0n) is 11.9. The van der Waals surface area contributed by atoms with Crippen LogP contribution in [-0.2, 0) is 6.42 Å². The lowest BCUT2D eigenvalue weighted by Gasteiger charge is -2.71. The Kier molecular flexibility index (Phi) is 2.54. The molecular formula is C17H22N2O. The van der Waals surface area contributed by atoms with Gasteiger partial charge in [-0.3, -0.25) is 0 Å². The minimum atomic E-state index is 0.285. The number of benzene rings is 1. The van der Waals surface area contributed by atoms with Gasteiger partial charge in [0.05, 0.1) is 0 Å². The summed E-state index contributed by atoms with van der Waals surface area (Å²) in [5, 5.41) is 14.5. The molecule has 3 nitrogen and oxygen atoms in total. The van der Waals surface area contributed by atoms with Crippen LogP contribution in [0.4, 0.5) is 0 Å². The number of hydrogen-bond acceptors (Lipinski definition) is 2. The Bertz CT molecular complexity index is 625. The maximum Gasteiger partial charge on any atom is 0.0489 e. The van der Waals surface area contributed by atoms with Gasteiger partial charge in [0.15, 0.2) is 0 Å². The number of H-pyrrole nitrogens is 1. The number of rotatable bonds is 5. The van der Waals surface area contributed by atoms with Gasteiger partial charge in [-0.25, -0.2) is 0 Å². The minimum Gasteiger partial charge on any atom is -0.396 e. The number of para-hydroxylation sites is 1. The van der Waals surface area contributed by atoms with Gasteiger partial charge < -0.3 is 15.4 Å². The number of fused-ring (bicyclic) bond motifs is 1. The standard InChI is InChI=1S/C17H22N2O/c1-12(19-17-8-16(9-17,10-17)11-20)6-13-7-18-15-5-3-2-4-14(13)15/h2-5,7,12,18-20H,6,8-11H2,1H3/t12-,16?,17?/m0/s1. The van der Waals surface area contributed by atoms with Gasteiger partial charge in [-0.1, -0.05) is 18.2 Å². The molecule has 20 heavy (non-hydrogen) atoms. The maximum absolute atomic E-state index is 9.33. The summed E-state index contributed by atoms with van der Waals surface area (Å²) in [6.45, 7) is 2.64. The molecule has 3 aliphatic rings. The molecule has 1 atom stereocenters. The van der Waals surface area contributed by atoms with Gasteiger partial charge >= 0.3 is 0 Å². The molecule has 0 aliphatic heterocycles. The fourth-order valence-corrected chi connectivity index (χ4v) is 4.52. The molecule has 0 unspecified atom stereocenters. The molecule has 0 radical (unpaired) electrons. The van der Waals surface area contributed by atoms with E-state index in [1.54, 1.807) is 0 Å². The van der Waals surface area contributed by atoms with E-state index in [2.05, 4.69) is 47.7 Å². The quantitative estimate of drug-likeness (QED) is 0.782. The number of aromatic nitrogens is 1. The highest BCUT2D eigenvalue weighted by Gasteiger charge is 2.67. The Morgan fingerprint density at radius 1 is 1.30 bits per heavy atom. The van der Waals surface area contributed by atoms with Crippen molar-refractivity contribution in [1.29, 1.82) is 0 Å². The Labute approximate surface area is 119 Å². The second kappa shape index (κ2) is 4.09. The smallest absolute Gasteiger partial charge is 0.0489 e. The van der Waals surface area contributed by atoms with Gasteiger partial charge in [0.2, 0.25) is 0 Å². The molecular weight excluding hydrogens is 248 g/mol. The molecule has 1 aromatic heterocycles. The Balaban J connectivity index is 1.42. The molecule has 106 valence electrons. The first-order valence-electron chi connectivity index (χ1n) is 7.57. The van der Waals surface area contributed by atoms with E-state index < -0.39 is 0 Å². The SMILES string of the molecule is C[C@@H](Cc1c[nH]c2ccccc12)NC12CC(CO)(C1)C2. The first-order valence-corrected chi connectivity index (χ1v) is 7.57. The molecule has 1 heterocycles. The second-order valence-corrected chi connectivity index (χ2v) is 7.08. The predicted octanol–water partition coefficient (Wildman–Crippen LogP) is 2.60. The number of aliphatic hydroxyl groups is 1. The van der Waals surface area contributed by atoms with Gasteiger partial charge in [-0.2, -0.15) is 0 Å². The van der Waals surface area contributed by atoms with E-state index in [9.17, 15) is 5.11 Å². The molecule has 3 saturated carbocycles. The third kappa shape index (κ3) is 1.73. The van der Waals surface area contributed by atoms with Gasteiger partial charge in [-0.15, -0.1) is 0 Å². The Morgan fingerprint density at radius 2 is 2.05 bits per heavy atom. The van der Waals surface area contributed by atoms with Gasteiger partial charge in [0, 0.05) is 35.3 Å². The van der Waals surface area contributed by atoms with Crippen molar-refractivity contribution < 1.29 is 5.11 Å². The third-order valence-corrected chi connectivity index (χ3v) is 5.23. The van der Waals surface area contributed by atoms with Crippen LogP contribution < -0.4 is 5.32 Å². The van der Waals surface area contributed by atoms with Crippen LogP contribution in [0.2, 0.25) is 0 Å². The average molecular weight is 270 g/mol. The van der Waals surface area contributed by atoms with Crippen molar-refractivity contribution in [2.24, 2.45) is 5.41 Å². The molecule has 0 saturated heterocycles. The summed E-state index contributed by atoms with van der Waals surface area (Å²) in [7, 11) is 0. The molecule has 3 heteroatoms. The molecule has 2 bridgehead atoms. The van der Waals surface area contributed by atoms with E-state index in [4.69, 9.17) is 0 Å². The van der Waals surface area contributed by atoms with Crippen LogP contribution in [0, 0.1) is 5.41 Å². The van der Waals surface area contributed by atoms with Gasteiger partial charge in [-0.05, 0) is 49.7 Å². The summed E-state index contributed by atoms with van der Waals surface area (Å²) >= 11 is 0. The lowest BCUT2D eigenvalue weighted by atomic mass is 9.39. The summed E-state index contributed by atoms with van der Waals surface area (Å²) in [6.07, 6.45) is 6.68. The number of nitrogens with one attached hydrogen (secondary N) is 2. The monoisotopic (exact) mass is 270 g/mol. The lowest BCUT2D eigenvalue weighted by Crippen LogP contribution is -2.76. The number of hydrogen-bond donors (Lipinski definition) is 3. The number of aromatic amines is 1. The summed E-state index contributed by atoms with van der Waals surface area (Å²) < 4.78 is 0. The highest BCUT2D eigenvalue weighted by molar-refractivity contribution is 5.83. The van der Waals surface area contributed by atoms with Gasteiger partial charge in [0.25, 0.3) is 0 Å². The van der Waals surface area contributed by atoms with E-state index in [-0.39, 0.29) is 5.41 Å². The van der Waals surface area contributed by atoms with E-state index in [0.717, 1.165) is 25.7 Å². The summed E-state index contributed by atoms with van der Waals surface area (Å²) in [5.74, 6) is 0. The van der Waals surface area contributed by atoms with Crippen LogP contribution in [0.3, 0.4) is 0 Å². The molecule has 3 aliphatic carbocycles. The first-order chi connectivity index (χ1) is 9.64. The van der Waals surface area contributed by atoms with Crippen LogP contribution in [0.15, 0.2) is 30.5 Å². The van der Waals surface area contributed by atoms with E-state index in [1.165, 1.54) is 16.5 Å². The first kappa shape index (κ1) is 12.4. The number of aliphatic hydroxyl groups excluding tert-OH is 1. The fourth-order valence-electron chi connectivity index (χ4n) is 4.52. The van der Waals surface area contributed by atoms with Crippen molar-refractivity contribution in [2.45, 2.75) is 44.2 Å². The van der Waals surface area contributed by atoms with Gasteiger partial charge in [0.1, 0.15) is 0 Å². The summed E-state index contributed by atoms with van der Waals surface area (Å²) in [4.78, 5) is 3.35. The molecule has 5 rings (SSSR count). The highest BCUT2D eigenvalue weighted by atomic mass is 16.3. The van der Waals surface area contributed by atoms with Crippen LogP contribution in [0.5, 0.6) is 0 Å².